The standard InChI is InChI=1S/C76H143NO13/c1-3-5-7-9-11-13-15-17-19-20-21-22-23-24-25-26-27-28-29-30-31-32-33-34-35-36-37-38-39-40-41-42-43-44-46-48-50-52-54-56-58-60-68(81)77-64(65(80)59-57-55-53-51-49-47-45-18-16-14-12-10-8-6-4-2)63-87-75-73(86)71(84)74(67(62-79)89-75)90-76-72(85)70(83)69(82)66(61-78)88-76/h16,18,49,51,57,59,64-67,69-76,78-80,82-86H,3-15,17,19-48,50,52-56,58,60-63H2,1-2H3,(H,77,81)/b18-16+,51-49+,59-57+. The lowest BCUT2D eigenvalue weighted by molar-refractivity contribution is -0.359. The molecule has 0 aromatic heterocycles. The Morgan fingerprint density at radius 3 is 1.09 bits per heavy atom. The van der Waals surface area contributed by atoms with Crippen LogP contribution in [0.5, 0.6) is 0 Å². The van der Waals surface area contributed by atoms with E-state index >= 15 is 0 Å². The largest absolute Gasteiger partial charge is 0.394 e. The zero-order valence-corrected chi connectivity index (χ0v) is 57.9. The normalized spacial score (nSPS) is 23.0. The third-order valence-electron chi connectivity index (χ3n) is 18.8. The van der Waals surface area contributed by atoms with E-state index in [1.54, 1.807) is 6.08 Å². The fourth-order valence-electron chi connectivity index (χ4n) is 12.7. The highest BCUT2D eigenvalue weighted by molar-refractivity contribution is 5.76. The van der Waals surface area contributed by atoms with E-state index in [0.717, 1.165) is 44.9 Å². The predicted molar refractivity (Wildman–Crippen MR) is 369 cm³/mol. The van der Waals surface area contributed by atoms with Crippen LogP contribution in [0.1, 0.15) is 348 Å². The van der Waals surface area contributed by atoms with E-state index in [9.17, 15) is 45.6 Å². The van der Waals surface area contributed by atoms with Crippen LogP contribution in [-0.2, 0) is 23.7 Å². The molecule has 0 aliphatic carbocycles. The molecule has 0 radical (unpaired) electrons. The molecule has 2 saturated heterocycles. The number of unbranched alkanes of at least 4 members (excludes halogenated alkanes) is 47. The molecule has 530 valence electrons. The first-order valence-corrected chi connectivity index (χ1v) is 38.2. The molecule has 12 unspecified atom stereocenters. The van der Waals surface area contributed by atoms with Gasteiger partial charge >= 0.3 is 0 Å². The molecule has 0 aromatic carbocycles. The van der Waals surface area contributed by atoms with Crippen molar-refractivity contribution in [1.82, 2.24) is 5.32 Å². The summed E-state index contributed by atoms with van der Waals surface area (Å²) in [4.78, 5) is 13.3. The van der Waals surface area contributed by atoms with Gasteiger partial charge in [0.25, 0.3) is 0 Å². The predicted octanol–water partition coefficient (Wildman–Crippen LogP) is 16.5. The van der Waals surface area contributed by atoms with Gasteiger partial charge in [-0.1, -0.05) is 333 Å². The summed E-state index contributed by atoms with van der Waals surface area (Å²) in [5.74, 6) is -0.248. The number of ether oxygens (including phenoxy) is 4. The van der Waals surface area contributed by atoms with Crippen LogP contribution < -0.4 is 5.32 Å². The number of carbonyl (C=O) groups is 1. The average molecular weight is 1280 g/mol. The summed E-state index contributed by atoms with van der Waals surface area (Å²) >= 11 is 0. The van der Waals surface area contributed by atoms with Gasteiger partial charge in [-0.2, -0.15) is 0 Å². The minimum absolute atomic E-state index is 0.248. The molecular weight excluding hydrogens is 1130 g/mol. The van der Waals surface area contributed by atoms with Crippen molar-refractivity contribution >= 4 is 5.91 Å². The minimum atomic E-state index is -1.79. The molecule has 2 aliphatic heterocycles. The number of hydrogen-bond acceptors (Lipinski definition) is 13. The van der Waals surface area contributed by atoms with E-state index in [0.29, 0.717) is 12.8 Å². The van der Waals surface area contributed by atoms with Crippen molar-refractivity contribution < 1.29 is 64.6 Å². The summed E-state index contributed by atoms with van der Waals surface area (Å²) in [5, 5.41) is 87.3. The van der Waals surface area contributed by atoms with Crippen molar-refractivity contribution in [3.8, 4) is 0 Å². The maximum Gasteiger partial charge on any atom is 0.220 e. The van der Waals surface area contributed by atoms with Gasteiger partial charge in [-0.25, -0.2) is 0 Å². The summed E-state index contributed by atoms with van der Waals surface area (Å²) < 4.78 is 22.8. The van der Waals surface area contributed by atoms with E-state index in [1.165, 1.54) is 270 Å². The van der Waals surface area contributed by atoms with E-state index in [1.807, 2.05) is 6.08 Å². The lowest BCUT2D eigenvalue weighted by atomic mass is 9.97. The van der Waals surface area contributed by atoms with Gasteiger partial charge in [-0.15, -0.1) is 0 Å². The Morgan fingerprint density at radius 2 is 0.711 bits per heavy atom. The first-order valence-electron chi connectivity index (χ1n) is 38.2. The molecule has 0 saturated carbocycles. The number of rotatable bonds is 64. The third-order valence-corrected chi connectivity index (χ3v) is 18.8. The molecule has 0 aromatic rings. The molecule has 14 heteroatoms. The van der Waals surface area contributed by atoms with E-state index in [4.69, 9.17) is 18.9 Å². The highest BCUT2D eigenvalue weighted by Crippen LogP contribution is 2.30. The molecule has 12 atom stereocenters. The van der Waals surface area contributed by atoms with Crippen molar-refractivity contribution in [3.63, 3.8) is 0 Å². The molecular formula is C76H143NO13. The molecule has 9 N–H and O–H groups in total. The number of nitrogens with one attached hydrogen (secondary N) is 1. The lowest BCUT2D eigenvalue weighted by Gasteiger charge is -2.46. The first-order chi connectivity index (χ1) is 44.1. The molecule has 2 rings (SSSR count). The van der Waals surface area contributed by atoms with E-state index in [2.05, 4.69) is 43.5 Å². The highest BCUT2D eigenvalue weighted by atomic mass is 16.7. The number of hydrogen-bond donors (Lipinski definition) is 9. The Labute approximate surface area is 551 Å². The van der Waals surface area contributed by atoms with E-state index in [-0.39, 0.29) is 18.9 Å². The van der Waals surface area contributed by atoms with Crippen molar-refractivity contribution in [2.75, 3.05) is 19.8 Å². The van der Waals surface area contributed by atoms with Crippen LogP contribution in [0.2, 0.25) is 0 Å². The Hall–Kier alpha value is -1.79. The average Bonchev–Trinajstić information content (AvgIpc) is 2.33. The van der Waals surface area contributed by atoms with Crippen molar-refractivity contribution in [3.05, 3.63) is 36.5 Å². The number of amides is 1. The molecule has 0 spiro atoms. The van der Waals surface area contributed by atoms with Crippen LogP contribution in [-0.4, -0.2) is 140 Å². The van der Waals surface area contributed by atoms with Gasteiger partial charge in [0.2, 0.25) is 5.91 Å². The van der Waals surface area contributed by atoms with E-state index < -0.39 is 86.8 Å². The molecule has 0 bridgehead atoms. The number of carbonyl (C=O) groups excluding carboxylic acids is 1. The van der Waals surface area contributed by atoms with Crippen molar-refractivity contribution in [2.45, 2.75) is 421 Å². The second kappa shape index (κ2) is 60.8. The maximum absolute atomic E-state index is 13.3. The second-order valence-electron chi connectivity index (χ2n) is 27.1. The first kappa shape index (κ1) is 84.3. The Balaban J connectivity index is 1.53. The van der Waals surface area contributed by atoms with Gasteiger partial charge in [-0.3, -0.25) is 4.79 Å². The molecule has 2 heterocycles. The summed E-state index contributed by atoms with van der Waals surface area (Å²) in [5.41, 5.74) is 0. The summed E-state index contributed by atoms with van der Waals surface area (Å²) in [6.45, 7) is 2.80. The monoisotopic (exact) mass is 1280 g/mol. The minimum Gasteiger partial charge on any atom is -0.394 e. The number of aliphatic hydroxyl groups excluding tert-OH is 8. The Bertz CT molecular complexity index is 1650. The molecule has 90 heavy (non-hydrogen) atoms. The number of aliphatic hydroxyl groups is 8. The summed E-state index contributed by atoms with van der Waals surface area (Å²) in [7, 11) is 0. The zero-order chi connectivity index (χ0) is 65.2. The van der Waals surface area contributed by atoms with Crippen LogP contribution in [0.3, 0.4) is 0 Å². The Kier molecular flexibility index (Phi) is 57.0. The van der Waals surface area contributed by atoms with Crippen LogP contribution in [0, 0.1) is 0 Å². The SMILES string of the molecule is CCCCCCC/C=C/CC/C=C/CC/C=C/C(O)C(COC1OC(CO)C(OC2OC(CO)C(O)C(O)C2O)C(O)C1O)NC(=O)CCCCCCCCCCCCCCCCCCCCCCCCCCCCCCCCCCCCCCCCCCC. The molecule has 2 aliphatic rings. The fraction of sp³-hybridized carbons (Fsp3) is 0.908. The summed E-state index contributed by atoms with van der Waals surface area (Å²) in [6.07, 6.45) is 62.6. The van der Waals surface area contributed by atoms with Crippen molar-refractivity contribution in [2.24, 2.45) is 0 Å². The van der Waals surface area contributed by atoms with Gasteiger partial charge in [0.05, 0.1) is 32.0 Å². The zero-order valence-electron chi connectivity index (χ0n) is 57.9. The second-order valence-corrected chi connectivity index (χ2v) is 27.1. The summed E-state index contributed by atoms with van der Waals surface area (Å²) in [6, 6.07) is -0.936. The van der Waals surface area contributed by atoms with Gasteiger partial charge in [-0.05, 0) is 44.9 Å². The van der Waals surface area contributed by atoms with Gasteiger partial charge in [0.1, 0.15) is 48.8 Å². The van der Waals surface area contributed by atoms with Crippen LogP contribution in [0.4, 0.5) is 0 Å². The van der Waals surface area contributed by atoms with Crippen LogP contribution >= 0.6 is 0 Å². The molecule has 2 fully saturated rings. The highest BCUT2D eigenvalue weighted by Gasteiger charge is 2.51. The van der Waals surface area contributed by atoms with Crippen molar-refractivity contribution in [1.29, 1.82) is 0 Å². The van der Waals surface area contributed by atoms with Gasteiger partial charge < -0.3 is 65.1 Å². The van der Waals surface area contributed by atoms with Gasteiger partial charge in [0, 0.05) is 6.42 Å². The molecule has 14 nitrogen and oxygen atoms in total. The van der Waals surface area contributed by atoms with Gasteiger partial charge in [0.15, 0.2) is 12.6 Å². The lowest BCUT2D eigenvalue weighted by Crippen LogP contribution is -2.65. The third kappa shape index (κ3) is 44.0. The number of allylic oxidation sites excluding steroid dienone is 5. The maximum atomic E-state index is 13.3. The smallest absolute Gasteiger partial charge is 0.220 e. The van der Waals surface area contributed by atoms with Crippen LogP contribution in [0.15, 0.2) is 36.5 Å². The topological polar surface area (TPSA) is 228 Å². The quantitative estimate of drug-likeness (QED) is 0.0204. The Morgan fingerprint density at radius 1 is 0.389 bits per heavy atom. The molecule has 1 amide bonds. The van der Waals surface area contributed by atoms with Crippen LogP contribution in [0.25, 0.3) is 0 Å². The fourth-order valence-corrected chi connectivity index (χ4v) is 12.7.